The fraction of sp³-hybridized carbons (Fsp3) is 0.286. The zero-order valence-electron chi connectivity index (χ0n) is 15.7. The Morgan fingerprint density at radius 3 is 2.67 bits per heavy atom. The molecule has 138 valence electrons. The smallest absolute Gasteiger partial charge is 0.254 e. The lowest BCUT2D eigenvalue weighted by molar-refractivity contribution is 0.0497. The predicted octanol–water partition coefficient (Wildman–Crippen LogP) is 3.27. The zero-order valence-corrected chi connectivity index (χ0v) is 15.7. The van der Waals surface area contributed by atoms with E-state index >= 15 is 0 Å². The topological polar surface area (TPSA) is 60.2 Å². The minimum Gasteiger partial charge on any atom is -0.494 e. The first-order chi connectivity index (χ1) is 13.1. The maximum Gasteiger partial charge on any atom is 0.254 e. The summed E-state index contributed by atoms with van der Waals surface area (Å²) in [6.07, 6.45) is 1.72. The van der Waals surface area contributed by atoms with Crippen molar-refractivity contribution in [3.05, 3.63) is 65.6 Å². The van der Waals surface area contributed by atoms with Crippen molar-refractivity contribution in [2.45, 2.75) is 19.9 Å². The number of aryl methyl sites for hydroxylation is 2. The van der Waals surface area contributed by atoms with Crippen LogP contribution in [0, 0.1) is 13.8 Å². The van der Waals surface area contributed by atoms with Crippen LogP contribution in [0.15, 0.2) is 48.7 Å². The Kier molecular flexibility index (Phi) is 4.39. The van der Waals surface area contributed by atoms with Gasteiger partial charge in [0, 0.05) is 36.1 Å². The summed E-state index contributed by atoms with van der Waals surface area (Å²) in [5.41, 5.74) is 4.41. The third kappa shape index (κ3) is 3.18. The molecule has 3 heterocycles. The molecule has 0 radical (unpaired) electrons. The number of hydrogen-bond donors (Lipinski definition) is 0. The third-order valence-corrected chi connectivity index (χ3v) is 4.91. The first-order valence-corrected chi connectivity index (χ1v) is 8.98. The minimum atomic E-state index is 0.0320. The number of aromatic nitrogens is 3. The van der Waals surface area contributed by atoms with Crippen LogP contribution in [0.1, 0.15) is 27.8 Å². The van der Waals surface area contributed by atoms with Crippen LogP contribution in [-0.2, 0) is 0 Å². The van der Waals surface area contributed by atoms with Crippen LogP contribution in [0.25, 0.3) is 11.3 Å². The van der Waals surface area contributed by atoms with E-state index in [4.69, 9.17) is 4.74 Å². The van der Waals surface area contributed by atoms with E-state index in [9.17, 15) is 4.79 Å². The molecule has 0 N–H and O–H groups in total. The molecule has 1 aliphatic heterocycles. The average Bonchev–Trinajstić information content (AvgIpc) is 2.98. The maximum atomic E-state index is 12.9. The van der Waals surface area contributed by atoms with Crippen molar-refractivity contribution in [3.8, 4) is 17.0 Å². The number of benzene rings is 1. The molecular weight excluding hydrogens is 340 g/mol. The molecule has 0 spiro atoms. The Morgan fingerprint density at radius 1 is 1.15 bits per heavy atom. The Labute approximate surface area is 158 Å². The van der Waals surface area contributed by atoms with Crippen LogP contribution in [0.5, 0.6) is 5.75 Å². The van der Waals surface area contributed by atoms with Gasteiger partial charge in [-0.05, 0) is 44.2 Å². The maximum absolute atomic E-state index is 12.9. The van der Waals surface area contributed by atoms with Gasteiger partial charge in [-0.3, -0.25) is 14.5 Å². The fourth-order valence-corrected chi connectivity index (χ4v) is 3.55. The summed E-state index contributed by atoms with van der Waals surface area (Å²) in [7, 11) is 1.62. The molecule has 6 heteroatoms. The Hall–Kier alpha value is -3.15. The van der Waals surface area contributed by atoms with Gasteiger partial charge in [-0.15, -0.1) is 0 Å². The molecule has 6 nitrogen and oxygen atoms in total. The highest BCUT2D eigenvalue weighted by Crippen LogP contribution is 2.29. The van der Waals surface area contributed by atoms with Crippen LogP contribution in [0.3, 0.4) is 0 Å². The Morgan fingerprint density at radius 2 is 1.96 bits per heavy atom. The summed E-state index contributed by atoms with van der Waals surface area (Å²) < 4.78 is 7.41. The molecule has 1 aliphatic rings. The highest BCUT2D eigenvalue weighted by Gasteiger charge is 2.33. The molecule has 0 bridgehead atoms. The van der Waals surface area contributed by atoms with Gasteiger partial charge >= 0.3 is 0 Å². The molecule has 1 saturated heterocycles. The molecule has 0 atom stereocenters. The van der Waals surface area contributed by atoms with Crippen molar-refractivity contribution in [3.63, 3.8) is 0 Å². The van der Waals surface area contributed by atoms with Gasteiger partial charge in [0.1, 0.15) is 11.4 Å². The summed E-state index contributed by atoms with van der Waals surface area (Å²) in [4.78, 5) is 19.1. The largest absolute Gasteiger partial charge is 0.494 e. The number of carbonyl (C=O) groups is 1. The number of carbonyl (C=O) groups excluding carboxylic acids is 1. The lowest BCUT2D eigenvalue weighted by Crippen LogP contribution is -2.51. The van der Waals surface area contributed by atoms with Crippen LogP contribution in [0.4, 0.5) is 0 Å². The minimum absolute atomic E-state index is 0.0320. The number of likely N-dealkylation sites (tertiary alicyclic amines) is 1. The molecule has 27 heavy (non-hydrogen) atoms. The number of ether oxygens (including phenoxy) is 1. The van der Waals surface area contributed by atoms with Gasteiger partial charge in [0.15, 0.2) is 0 Å². The Balaban J connectivity index is 1.51. The molecule has 0 unspecified atom stereocenters. The van der Waals surface area contributed by atoms with Gasteiger partial charge in [-0.1, -0.05) is 12.1 Å². The van der Waals surface area contributed by atoms with Crippen molar-refractivity contribution >= 4 is 5.91 Å². The van der Waals surface area contributed by atoms with Crippen molar-refractivity contribution in [1.82, 2.24) is 19.7 Å². The molecular formula is C21H22N4O2. The molecule has 3 aromatic rings. The zero-order chi connectivity index (χ0) is 19.0. The van der Waals surface area contributed by atoms with E-state index in [0.29, 0.717) is 24.4 Å². The standard InChI is InChI=1S/C21H22N4O2/c1-14-10-15(2)25(23-14)18-12-24(13-18)21(26)17-7-4-6-16(11-17)20-19(27-3)8-5-9-22-20/h4-11,18H,12-13H2,1-3H3. The first-order valence-electron chi connectivity index (χ1n) is 8.98. The van der Waals surface area contributed by atoms with Crippen LogP contribution >= 0.6 is 0 Å². The monoisotopic (exact) mass is 362 g/mol. The van der Waals surface area contributed by atoms with E-state index in [-0.39, 0.29) is 11.9 Å². The van der Waals surface area contributed by atoms with Crippen molar-refractivity contribution in [1.29, 1.82) is 0 Å². The molecule has 1 aromatic carbocycles. The van der Waals surface area contributed by atoms with Crippen LogP contribution in [0.2, 0.25) is 0 Å². The lowest BCUT2D eigenvalue weighted by Gasteiger charge is -2.39. The normalized spacial score (nSPS) is 14.1. The van der Waals surface area contributed by atoms with Crippen molar-refractivity contribution in [2.24, 2.45) is 0 Å². The summed E-state index contributed by atoms with van der Waals surface area (Å²) in [6.45, 7) is 5.40. The van der Waals surface area contributed by atoms with E-state index in [0.717, 1.165) is 22.6 Å². The second-order valence-electron chi connectivity index (χ2n) is 6.87. The number of amides is 1. The third-order valence-electron chi connectivity index (χ3n) is 4.91. The second-order valence-corrected chi connectivity index (χ2v) is 6.87. The van der Waals surface area contributed by atoms with Crippen LogP contribution < -0.4 is 4.74 Å². The van der Waals surface area contributed by atoms with Crippen LogP contribution in [-0.4, -0.2) is 45.8 Å². The van der Waals surface area contributed by atoms with Gasteiger partial charge in [0.05, 0.1) is 18.8 Å². The summed E-state index contributed by atoms with van der Waals surface area (Å²) in [5.74, 6) is 0.722. The SMILES string of the molecule is COc1cccnc1-c1cccc(C(=O)N2CC(n3nc(C)cc3C)C2)c1. The molecule has 0 aliphatic carbocycles. The molecule has 4 rings (SSSR count). The van der Waals surface area contributed by atoms with Crippen molar-refractivity contribution < 1.29 is 9.53 Å². The van der Waals surface area contributed by atoms with Gasteiger partial charge < -0.3 is 9.64 Å². The van der Waals surface area contributed by atoms with E-state index in [2.05, 4.69) is 16.1 Å². The summed E-state index contributed by atoms with van der Waals surface area (Å²) in [6, 6.07) is 13.6. The second kappa shape index (κ2) is 6.87. The van der Waals surface area contributed by atoms with Gasteiger partial charge in [0.2, 0.25) is 0 Å². The number of hydrogen-bond acceptors (Lipinski definition) is 4. The number of nitrogens with zero attached hydrogens (tertiary/aromatic N) is 4. The number of methoxy groups -OCH3 is 1. The lowest BCUT2D eigenvalue weighted by atomic mass is 10.0. The van der Waals surface area contributed by atoms with Gasteiger partial charge in [-0.25, -0.2) is 0 Å². The first kappa shape index (κ1) is 17.3. The highest BCUT2D eigenvalue weighted by atomic mass is 16.5. The van der Waals surface area contributed by atoms with E-state index in [1.165, 1.54) is 0 Å². The Bertz CT molecular complexity index is 989. The van der Waals surface area contributed by atoms with Gasteiger partial charge in [-0.2, -0.15) is 5.10 Å². The highest BCUT2D eigenvalue weighted by molar-refractivity contribution is 5.96. The molecule has 1 fully saturated rings. The van der Waals surface area contributed by atoms with E-state index < -0.39 is 0 Å². The average molecular weight is 362 g/mol. The number of rotatable bonds is 4. The van der Waals surface area contributed by atoms with E-state index in [1.54, 1.807) is 13.3 Å². The number of pyridine rings is 1. The molecule has 1 amide bonds. The molecule has 2 aromatic heterocycles. The predicted molar refractivity (Wildman–Crippen MR) is 103 cm³/mol. The summed E-state index contributed by atoms with van der Waals surface area (Å²) in [5, 5.41) is 4.53. The fourth-order valence-electron chi connectivity index (χ4n) is 3.55. The summed E-state index contributed by atoms with van der Waals surface area (Å²) >= 11 is 0. The van der Waals surface area contributed by atoms with E-state index in [1.807, 2.05) is 59.8 Å². The van der Waals surface area contributed by atoms with Crippen molar-refractivity contribution in [2.75, 3.05) is 20.2 Å². The van der Waals surface area contributed by atoms with Gasteiger partial charge in [0.25, 0.3) is 5.91 Å². The quantitative estimate of drug-likeness (QED) is 0.715. The molecule has 0 saturated carbocycles.